The van der Waals surface area contributed by atoms with Gasteiger partial charge >= 0.3 is 0 Å². The number of hydrogen-bond donors (Lipinski definition) is 0. The largest absolute Gasteiger partial charge is 0.270 e. The summed E-state index contributed by atoms with van der Waals surface area (Å²) in [5.74, 6) is 0.843. The van der Waals surface area contributed by atoms with Crippen LogP contribution in [0.15, 0.2) is 30.3 Å². The van der Waals surface area contributed by atoms with Crippen LogP contribution in [0.5, 0.6) is 0 Å². The van der Waals surface area contributed by atoms with Crippen molar-refractivity contribution in [2.75, 3.05) is 12.9 Å². The van der Waals surface area contributed by atoms with E-state index in [4.69, 9.17) is 4.18 Å². The Morgan fingerprint density at radius 1 is 1.33 bits per heavy atom. The molecular formula is C11H14O3S. The molecule has 2 atom stereocenters. The van der Waals surface area contributed by atoms with E-state index in [2.05, 4.69) is 12.1 Å². The van der Waals surface area contributed by atoms with E-state index in [1.165, 1.54) is 5.56 Å². The van der Waals surface area contributed by atoms with Crippen molar-refractivity contribution in [2.24, 2.45) is 5.92 Å². The Labute approximate surface area is 90.2 Å². The van der Waals surface area contributed by atoms with Crippen LogP contribution >= 0.6 is 0 Å². The summed E-state index contributed by atoms with van der Waals surface area (Å²) in [5, 5.41) is 0. The van der Waals surface area contributed by atoms with E-state index in [1.807, 2.05) is 18.2 Å². The molecule has 15 heavy (non-hydrogen) atoms. The van der Waals surface area contributed by atoms with E-state index in [1.54, 1.807) is 0 Å². The number of rotatable bonds is 4. The molecule has 0 amide bonds. The van der Waals surface area contributed by atoms with E-state index in [0.717, 1.165) is 12.7 Å². The highest BCUT2D eigenvalue weighted by atomic mass is 32.2. The summed E-state index contributed by atoms with van der Waals surface area (Å²) in [6.07, 6.45) is 2.12. The number of hydrogen-bond acceptors (Lipinski definition) is 3. The quantitative estimate of drug-likeness (QED) is 0.735. The third-order valence-corrected chi connectivity index (χ3v) is 3.21. The summed E-state index contributed by atoms with van der Waals surface area (Å²) in [6.45, 7) is 0.318. The molecule has 0 aromatic heterocycles. The van der Waals surface area contributed by atoms with Crippen molar-refractivity contribution in [2.45, 2.75) is 12.3 Å². The predicted molar refractivity (Wildman–Crippen MR) is 58.1 cm³/mol. The third-order valence-electron chi connectivity index (χ3n) is 2.65. The summed E-state index contributed by atoms with van der Waals surface area (Å²) in [5.41, 5.74) is 1.28. The van der Waals surface area contributed by atoms with Gasteiger partial charge in [-0.2, -0.15) is 8.42 Å². The van der Waals surface area contributed by atoms with E-state index in [9.17, 15) is 8.42 Å². The van der Waals surface area contributed by atoms with Crippen molar-refractivity contribution >= 4 is 10.1 Å². The van der Waals surface area contributed by atoms with Crippen molar-refractivity contribution in [1.29, 1.82) is 0 Å². The van der Waals surface area contributed by atoms with Gasteiger partial charge in [0.1, 0.15) is 0 Å². The molecule has 0 radical (unpaired) electrons. The summed E-state index contributed by atoms with van der Waals surface area (Å²) in [7, 11) is -3.28. The van der Waals surface area contributed by atoms with Crippen molar-refractivity contribution in [3.05, 3.63) is 35.9 Å². The number of benzene rings is 1. The fourth-order valence-electron chi connectivity index (χ4n) is 1.75. The molecule has 2 rings (SSSR count). The predicted octanol–water partition coefficient (Wildman–Crippen LogP) is 1.77. The lowest BCUT2D eigenvalue weighted by atomic mass is 10.1. The molecule has 0 N–H and O–H groups in total. The average molecular weight is 226 g/mol. The maximum atomic E-state index is 10.8. The normalized spacial score (nSPS) is 25.1. The Kier molecular flexibility index (Phi) is 2.80. The summed E-state index contributed by atoms with van der Waals surface area (Å²) < 4.78 is 26.3. The molecule has 0 spiro atoms. The van der Waals surface area contributed by atoms with Crippen LogP contribution in [0.1, 0.15) is 17.9 Å². The molecule has 1 fully saturated rings. The highest BCUT2D eigenvalue weighted by Gasteiger charge is 2.38. The van der Waals surface area contributed by atoms with Crippen LogP contribution in [0.25, 0.3) is 0 Å². The highest BCUT2D eigenvalue weighted by molar-refractivity contribution is 7.85. The van der Waals surface area contributed by atoms with Crippen LogP contribution in [-0.4, -0.2) is 21.3 Å². The van der Waals surface area contributed by atoms with Gasteiger partial charge in [-0.3, -0.25) is 4.18 Å². The van der Waals surface area contributed by atoms with Gasteiger partial charge in [0.2, 0.25) is 0 Å². The minimum Gasteiger partial charge on any atom is -0.270 e. The van der Waals surface area contributed by atoms with Crippen LogP contribution in [0.3, 0.4) is 0 Å². The maximum Gasteiger partial charge on any atom is 0.264 e. The molecule has 3 nitrogen and oxygen atoms in total. The third kappa shape index (κ3) is 3.04. The fourth-order valence-corrected chi connectivity index (χ4v) is 2.17. The van der Waals surface area contributed by atoms with Gasteiger partial charge < -0.3 is 0 Å². The SMILES string of the molecule is CS(=O)(=O)OC[C@H]1C[C@@H]1c1ccccc1. The molecule has 0 unspecified atom stereocenters. The van der Waals surface area contributed by atoms with Gasteiger partial charge in [0.15, 0.2) is 0 Å². The van der Waals surface area contributed by atoms with Crippen LogP contribution < -0.4 is 0 Å². The average Bonchev–Trinajstić information content (AvgIpc) is 2.94. The molecule has 4 heteroatoms. The maximum absolute atomic E-state index is 10.8. The standard InChI is InChI=1S/C11H14O3S/c1-15(12,13)14-8-10-7-11(10)9-5-3-2-4-6-9/h2-6,10-11H,7-8H2,1H3/t10-,11-/m1/s1. The van der Waals surface area contributed by atoms with Crippen LogP contribution in [0.2, 0.25) is 0 Å². The first-order chi connectivity index (χ1) is 7.06. The highest BCUT2D eigenvalue weighted by Crippen LogP contribution is 2.47. The van der Waals surface area contributed by atoms with Gasteiger partial charge in [0, 0.05) is 0 Å². The van der Waals surface area contributed by atoms with Gasteiger partial charge in [-0.25, -0.2) is 0 Å². The fraction of sp³-hybridized carbons (Fsp3) is 0.455. The first-order valence-corrected chi connectivity index (χ1v) is 6.77. The van der Waals surface area contributed by atoms with Gasteiger partial charge in [0.25, 0.3) is 10.1 Å². The Hall–Kier alpha value is -0.870. The second kappa shape index (κ2) is 3.94. The van der Waals surface area contributed by atoms with Crippen LogP contribution in [0.4, 0.5) is 0 Å². The smallest absolute Gasteiger partial charge is 0.264 e. The molecule has 1 aliphatic carbocycles. The van der Waals surface area contributed by atoms with Crippen molar-refractivity contribution in [1.82, 2.24) is 0 Å². The topological polar surface area (TPSA) is 43.4 Å². The second-order valence-electron chi connectivity index (χ2n) is 4.00. The zero-order chi connectivity index (χ0) is 10.9. The van der Waals surface area contributed by atoms with Crippen molar-refractivity contribution in [3.8, 4) is 0 Å². The zero-order valence-corrected chi connectivity index (χ0v) is 9.41. The van der Waals surface area contributed by atoms with Crippen molar-refractivity contribution in [3.63, 3.8) is 0 Å². The molecule has 82 valence electrons. The Morgan fingerprint density at radius 3 is 2.60 bits per heavy atom. The van der Waals surface area contributed by atoms with E-state index in [0.29, 0.717) is 18.4 Å². The summed E-state index contributed by atoms with van der Waals surface area (Å²) in [4.78, 5) is 0. The van der Waals surface area contributed by atoms with E-state index < -0.39 is 10.1 Å². The van der Waals surface area contributed by atoms with Gasteiger partial charge in [-0.1, -0.05) is 30.3 Å². The molecule has 1 aliphatic rings. The van der Waals surface area contributed by atoms with Gasteiger partial charge in [-0.15, -0.1) is 0 Å². The van der Waals surface area contributed by atoms with E-state index >= 15 is 0 Å². The van der Waals surface area contributed by atoms with Gasteiger partial charge in [-0.05, 0) is 23.8 Å². The first-order valence-electron chi connectivity index (χ1n) is 4.95. The molecular weight excluding hydrogens is 212 g/mol. The zero-order valence-electron chi connectivity index (χ0n) is 8.59. The molecule has 1 saturated carbocycles. The summed E-state index contributed by atoms with van der Waals surface area (Å²) in [6, 6.07) is 10.1. The van der Waals surface area contributed by atoms with E-state index in [-0.39, 0.29) is 0 Å². The molecule has 0 bridgehead atoms. The minimum absolute atomic E-state index is 0.318. The van der Waals surface area contributed by atoms with Gasteiger partial charge in [0.05, 0.1) is 12.9 Å². The Balaban J connectivity index is 1.87. The molecule has 0 saturated heterocycles. The molecule has 0 heterocycles. The molecule has 0 aliphatic heterocycles. The first kappa shape index (κ1) is 10.6. The van der Waals surface area contributed by atoms with Crippen LogP contribution in [0, 0.1) is 5.92 Å². The lowest BCUT2D eigenvalue weighted by Crippen LogP contribution is -2.05. The van der Waals surface area contributed by atoms with Crippen LogP contribution in [-0.2, 0) is 14.3 Å². The summed E-state index contributed by atoms with van der Waals surface area (Å²) >= 11 is 0. The minimum atomic E-state index is -3.28. The second-order valence-corrected chi connectivity index (χ2v) is 5.65. The lowest BCUT2D eigenvalue weighted by molar-refractivity contribution is 0.303. The lowest BCUT2D eigenvalue weighted by Gasteiger charge is -2.00. The Morgan fingerprint density at radius 2 is 2.00 bits per heavy atom. The Bertz CT molecular complexity index is 424. The molecule has 1 aromatic rings. The molecule has 1 aromatic carbocycles. The van der Waals surface area contributed by atoms with Crippen molar-refractivity contribution < 1.29 is 12.6 Å². The monoisotopic (exact) mass is 226 g/mol.